The van der Waals surface area contributed by atoms with Crippen molar-refractivity contribution in [3.63, 3.8) is 0 Å². The van der Waals surface area contributed by atoms with Crippen LogP contribution in [0.15, 0.2) is 47.3 Å². The summed E-state index contributed by atoms with van der Waals surface area (Å²) in [6.07, 6.45) is 0.646. The summed E-state index contributed by atoms with van der Waals surface area (Å²) in [5.74, 6) is 1.23. The third-order valence-corrected chi connectivity index (χ3v) is 5.07. The fourth-order valence-electron chi connectivity index (χ4n) is 3.58. The Labute approximate surface area is 169 Å². The van der Waals surface area contributed by atoms with Crippen LogP contribution in [0.5, 0.6) is 0 Å². The van der Waals surface area contributed by atoms with Crippen molar-refractivity contribution in [3.8, 4) is 11.4 Å². The third kappa shape index (κ3) is 3.63. The Hall–Kier alpha value is -3.48. The molecular weight excluding hydrogens is 366 g/mol. The van der Waals surface area contributed by atoms with Crippen molar-refractivity contribution in [1.82, 2.24) is 19.9 Å². The molecule has 0 bridgehead atoms. The number of aromatic nitrogens is 3. The molecule has 0 saturated carbocycles. The largest absolute Gasteiger partial charge is 0.362 e. The van der Waals surface area contributed by atoms with Crippen LogP contribution in [-0.2, 0) is 13.0 Å². The lowest BCUT2D eigenvalue weighted by molar-refractivity contribution is 0.0730. The van der Waals surface area contributed by atoms with Gasteiger partial charge in [0.2, 0.25) is 0 Å². The van der Waals surface area contributed by atoms with E-state index < -0.39 is 0 Å². The molecule has 3 heterocycles. The first-order valence-electron chi connectivity index (χ1n) is 9.56. The van der Waals surface area contributed by atoms with Gasteiger partial charge in [-0.25, -0.2) is 9.97 Å². The molecule has 7 nitrogen and oxygen atoms in total. The van der Waals surface area contributed by atoms with Crippen LogP contribution in [0.3, 0.4) is 0 Å². The molecule has 1 N–H and O–H groups in total. The molecule has 148 valence electrons. The Balaban J connectivity index is 1.72. The summed E-state index contributed by atoms with van der Waals surface area (Å²) in [5, 5.41) is 0. The number of nitrogens with one attached hydrogen (secondary N) is 1. The van der Waals surface area contributed by atoms with Crippen molar-refractivity contribution >= 4 is 11.7 Å². The second-order valence-corrected chi connectivity index (χ2v) is 7.42. The van der Waals surface area contributed by atoms with Crippen LogP contribution in [0, 0.1) is 6.92 Å². The summed E-state index contributed by atoms with van der Waals surface area (Å²) < 4.78 is 0. The predicted molar refractivity (Wildman–Crippen MR) is 112 cm³/mol. The van der Waals surface area contributed by atoms with E-state index in [1.807, 2.05) is 49.3 Å². The topological polar surface area (TPSA) is 82.2 Å². The van der Waals surface area contributed by atoms with Crippen LogP contribution >= 0.6 is 0 Å². The van der Waals surface area contributed by atoms with Gasteiger partial charge in [-0.05, 0) is 25.5 Å². The van der Waals surface area contributed by atoms with Gasteiger partial charge in [-0.2, -0.15) is 0 Å². The van der Waals surface area contributed by atoms with Crippen LogP contribution in [-0.4, -0.2) is 46.4 Å². The standard InChI is InChI=1S/C22H23N5O2/c1-14-9-10-17(21(28)23-14)22(29)27-12-11-16-18(13-27)24-19(25-20(16)26(2)3)15-7-5-4-6-8-15/h4-10H,11-13H2,1-3H3,(H,23,28). The minimum atomic E-state index is -0.359. The summed E-state index contributed by atoms with van der Waals surface area (Å²) in [6, 6.07) is 13.1. The van der Waals surface area contributed by atoms with Crippen molar-refractivity contribution in [2.75, 3.05) is 25.5 Å². The first-order valence-corrected chi connectivity index (χ1v) is 9.56. The average Bonchev–Trinajstić information content (AvgIpc) is 2.72. The zero-order valence-corrected chi connectivity index (χ0v) is 16.8. The number of carbonyl (C=O) groups is 1. The zero-order chi connectivity index (χ0) is 20.5. The van der Waals surface area contributed by atoms with Crippen LogP contribution in [0.1, 0.15) is 27.3 Å². The molecule has 1 amide bonds. The van der Waals surface area contributed by atoms with E-state index in [1.165, 1.54) is 0 Å². The first-order chi connectivity index (χ1) is 13.9. The lowest BCUT2D eigenvalue weighted by Crippen LogP contribution is -2.39. The lowest BCUT2D eigenvalue weighted by atomic mass is 10.0. The number of aryl methyl sites for hydroxylation is 1. The maximum absolute atomic E-state index is 13.0. The minimum Gasteiger partial charge on any atom is -0.362 e. The lowest BCUT2D eigenvalue weighted by Gasteiger charge is -2.30. The molecule has 0 radical (unpaired) electrons. The molecular formula is C22H23N5O2. The molecule has 0 saturated heterocycles. The van der Waals surface area contributed by atoms with Crippen molar-refractivity contribution in [3.05, 3.63) is 75.3 Å². The number of aromatic amines is 1. The fourth-order valence-corrected chi connectivity index (χ4v) is 3.58. The molecule has 0 unspecified atom stereocenters. The predicted octanol–water partition coefficient (Wildman–Crippen LogP) is 2.40. The number of amides is 1. The van der Waals surface area contributed by atoms with Gasteiger partial charge in [0.15, 0.2) is 5.82 Å². The van der Waals surface area contributed by atoms with Crippen molar-refractivity contribution in [2.45, 2.75) is 19.9 Å². The highest BCUT2D eigenvalue weighted by Gasteiger charge is 2.28. The molecule has 29 heavy (non-hydrogen) atoms. The maximum Gasteiger partial charge on any atom is 0.260 e. The molecule has 0 fully saturated rings. The Morgan fingerprint density at radius 1 is 1.10 bits per heavy atom. The maximum atomic E-state index is 13.0. The summed E-state index contributed by atoms with van der Waals surface area (Å²) in [6.45, 7) is 2.66. The van der Waals surface area contributed by atoms with E-state index in [0.717, 1.165) is 28.3 Å². The quantitative estimate of drug-likeness (QED) is 0.744. The number of hydrogen-bond acceptors (Lipinski definition) is 5. The minimum absolute atomic E-state index is 0.157. The Bertz CT molecular complexity index is 1120. The van der Waals surface area contributed by atoms with Gasteiger partial charge in [0, 0.05) is 37.5 Å². The Morgan fingerprint density at radius 3 is 2.55 bits per heavy atom. The molecule has 1 aliphatic rings. The van der Waals surface area contributed by atoms with Gasteiger partial charge >= 0.3 is 0 Å². The number of rotatable bonds is 3. The third-order valence-electron chi connectivity index (χ3n) is 5.07. The molecule has 4 rings (SSSR count). The van der Waals surface area contributed by atoms with E-state index in [1.54, 1.807) is 24.0 Å². The van der Waals surface area contributed by atoms with Crippen molar-refractivity contribution in [2.24, 2.45) is 0 Å². The van der Waals surface area contributed by atoms with E-state index in [4.69, 9.17) is 9.97 Å². The van der Waals surface area contributed by atoms with Gasteiger partial charge in [0.25, 0.3) is 11.5 Å². The van der Waals surface area contributed by atoms with Gasteiger partial charge in [0.1, 0.15) is 11.4 Å². The molecule has 0 aliphatic carbocycles. The number of nitrogens with zero attached hydrogens (tertiary/aromatic N) is 4. The first kappa shape index (κ1) is 18.9. The Kier molecular flexibility index (Phi) is 4.88. The van der Waals surface area contributed by atoms with Crippen LogP contribution < -0.4 is 10.5 Å². The second-order valence-electron chi connectivity index (χ2n) is 7.42. The highest BCUT2D eigenvalue weighted by atomic mass is 16.2. The summed E-state index contributed by atoms with van der Waals surface area (Å²) in [4.78, 5) is 41.1. The molecule has 0 atom stereocenters. The highest BCUT2D eigenvalue weighted by molar-refractivity contribution is 5.94. The zero-order valence-electron chi connectivity index (χ0n) is 16.8. The summed E-state index contributed by atoms with van der Waals surface area (Å²) >= 11 is 0. The number of pyridine rings is 1. The van der Waals surface area contributed by atoms with Crippen LogP contribution in [0.25, 0.3) is 11.4 Å². The number of benzene rings is 1. The number of hydrogen-bond donors (Lipinski definition) is 1. The molecule has 2 aromatic heterocycles. The number of anilines is 1. The van der Waals surface area contributed by atoms with Crippen molar-refractivity contribution in [1.29, 1.82) is 0 Å². The van der Waals surface area contributed by atoms with E-state index >= 15 is 0 Å². The molecule has 7 heteroatoms. The van der Waals surface area contributed by atoms with E-state index in [2.05, 4.69) is 4.98 Å². The molecule has 1 aliphatic heterocycles. The van der Waals surface area contributed by atoms with Gasteiger partial charge in [-0.1, -0.05) is 30.3 Å². The monoisotopic (exact) mass is 389 g/mol. The van der Waals surface area contributed by atoms with Gasteiger partial charge in [-0.3, -0.25) is 9.59 Å². The fraction of sp³-hybridized carbons (Fsp3) is 0.273. The number of fused-ring (bicyclic) bond motifs is 1. The van der Waals surface area contributed by atoms with E-state index in [-0.39, 0.29) is 17.0 Å². The van der Waals surface area contributed by atoms with Gasteiger partial charge in [0.05, 0.1) is 12.2 Å². The molecule has 0 spiro atoms. The van der Waals surface area contributed by atoms with Gasteiger partial charge < -0.3 is 14.8 Å². The highest BCUT2D eigenvalue weighted by Crippen LogP contribution is 2.28. The smallest absolute Gasteiger partial charge is 0.260 e. The molecule has 1 aromatic carbocycles. The van der Waals surface area contributed by atoms with Crippen LogP contribution in [0.2, 0.25) is 0 Å². The van der Waals surface area contributed by atoms with Crippen LogP contribution in [0.4, 0.5) is 5.82 Å². The summed E-state index contributed by atoms with van der Waals surface area (Å²) in [7, 11) is 3.92. The van der Waals surface area contributed by atoms with Gasteiger partial charge in [-0.15, -0.1) is 0 Å². The summed E-state index contributed by atoms with van der Waals surface area (Å²) in [5.41, 5.74) is 3.33. The second kappa shape index (κ2) is 7.50. The number of H-pyrrole nitrogens is 1. The normalized spacial score (nSPS) is 13.1. The molecule has 3 aromatic rings. The van der Waals surface area contributed by atoms with E-state index in [9.17, 15) is 9.59 Å². The van der Waals surface area contributed by atoms with Crippen molar-refractivity contribution < 1.29 is 4.79 Å². The number of carbonyl (C=O) groups excluding carboxylic acids is 1. The SMILES string of the molecule is Cc1ccc(C(=O)N2CCc3c(nc(-c4ccccc4)nc3N(C)C)C2)c(=O)[nH]1. The average molecular weight is 389 g/mol. The van der Waals surface area contributed by atoms with E-state index in [0.29, 0.717) is 25.3 Å². The Morgan fingerprint density at radius 2 is 1.86 bits per heavy atom.